The van der Waals surface area contributed by atoms with Gasteiger partial charge in [-0.1, -0.05) is 0 Å². The second-order valence-corrected chi connectivity index (χ2v) is 8.12. The number of rotatable bonds is 4. The molecule has 0 aliphatic carbocycles. The summed E-state index contributed by atoms with van der Waals surface area (Å²) in [6, 6.07) is 3.77. The molecule has 0 radical (unpaired) electrons. The van der Waals surface area contributed by atoms with Crippen LogP contribution in [0.25, 0.3) is 10.9 Å². The van der Waals surface area contributed by atoms with Gasteiger partial charge in [0.05, 0.1) is 21.1 Å². The molecule has 2 aromatic rings. The minimum Gasteiger partial charge on any atom is -0.477 e. The van der Waals surface area contributed by atoms with Crippen molar-refractivity contribution in [3.63, 3.8) is 0 Å². The summed E-state index contributed by atoms with van der Waals surface area (Å²) in [5.74, 6) is -0.757. The quantitative estimate of drug-likeness (QED) is 0.503. The van der Waals surface area contributed by atoms with Gasteiger partial charge in [-0.3, -0.25) is 0 Å². The number of quaternary nitrogens is 1. The van der Waals surface area contributed by atoms with Crippen molar-refractivity contribution in [3.05, 3.63) is 31.0 Å². The molecule has 0 bridgehead atoms. The zero-order chi connectivity index (χ0) is 15.1. The Kier molecular flexibility index (Phi) is 4.65. The smallest absolute Gasteiger partial charge is 0.362 e. The largest absolute Gasteiger partial charge is 0.477 e. The molecular formula is C14H17I2N2O2+. The fourth-order valence-electron chi connectivity index (χ4n) is 2.24. The molecular weight excluding hydrogens is 482 g/mol. The van der Waals surface area contributed by atoms with Crippen LogP contribution in [0.5, 0.6) is 0 Å². The second-order valence-electron chi connectivity index (χ2n) is 5.80. The van der Waals surface area contributed by atoms with Crippen LogP contribution in [0.15, 0.2) is 18.3 Å². The number of hydrogen-bond donors (Lipinski definition) is 2. The number of fused-ring (bicyclic) bond motifs is 1. The number of hydrogen-bond acceptors (Lipinski definition) is 1. The van der Waals surface area contributed by atoms with E-state index in [-0.39, 0.29) is 0 Å². The maximum Gasteiger partial charge on any atom is 0.362 e. The highest BCUT2D eigenvalue weighted by atomic mass is 127. The number of carboxylic acids is 1. The molecule has 1 atom stereocenters. The van der Waals surface area contributed by atoms with E-state index in [1.807, 2.05) is 27.3 Å². The van der Waals surface area contributed by atoms with Crippen LogP contribution in [0.1, 0.15) is 5.56 Å². The number of aromatic nitrogens is 1. The average molecular weight is 499 g/mol. The Morgan fingerprint density at radius 2 is 1.90 bits per heavy atom. The molecule has 2 N–H and O–H groups in total. The fraction of sp³-hybridized carbons (Fsp3) is 0.357. The van der Waals surface area contributed by atoms with E-state index >= 15 is 0 Å². The monoisotopic (exact) mass is 499 g/mol. The lowest BCUT2D eigenvalue weighted by molar-refractivity contribution is -0.887. The highest BCUT2D eigenvalue weighted by molar-refractivity contribution is 14.1. The number of carbonyl (C=O) groups is 1. The lowest BCUT2D eigenvalue weighted by atomic mass is 10.0. The summed E-state index contributed by atoms with van der Waals surface area (Å²) in [6.07, 6.45) is 2.46. The molecule has 0 aliphatic heterocycles. The van der Waals surface area contributed by atoms with Gasteiger partial charge in [0.25, 0.3) is 0 Å². The van der Waals surface area contributed by atoms with Gasteiger partial charge in [-0.05, 0) is 62.9 Å². The Hall–Kier alpha value is -0.350. The lowest BCUT2D eigenvalue weighted by Crippen LogP contribution is -2.51. The Morgan fingerprint density at radius 3 is 2.45 bits per heavy atom. The van der Waals surface area contributed by atoms with E-state index in [0.29, 0.717) is 10.9 Å². The van der Waals surface area contributed by atoms with E-state index in [1.54, 1.807) is 0 Å². The van der Waals surface area contributed by atoms with Crippen LogP contribution in [-0.4, -0.2) is 47.7 Å². The van der Waals surface area contributed by atoms with Crippen molar-refractivity contribution >= 4 is 62.1 Å². The number of nitrogens with one attached hydrogen (secondary N) is 1. The van der Waals surface area contributed by atoms with Gasteiger partial charge in [-0.2, -0.15) is 0 Å². The van der Waals surface area contributed by atoms with Crippen LogP contribution in [0.4, 0.5) is 0 Å². The summed E-state index contributed by atoms with van der Waals surface area (Å²) in [7, 11) is 5.75. The summed E-state index contributed by atoms with van der Waals surface area (Å²) in [5.41, 5.74) is 2.13. The predicted molar refractivity (Wildman–Crippen MR) is 96.9 cm³/mol. The average Bonchev–Trinajstić information content (AvgIpc) is 2.67. The van der Waals surface area contributed by atoms with Crippen molar-refractivity contribution in [2.45, 2.75) is 12.5 Å². The van der Waals surface area contributed by atoms with E-state index in [9.17, 15) is 9.90 Å². The van der Waals surface area contributed by atoms with E-state index in [4.69, 9.17) is 0 Å². The standard InChI is InChI=1S/C14H16I2N2O2/c1-18(2,3)13(14(19)20)4-8-7-17-12-6-11(16)10(15)5-9(8)12/h5-7,13,17H,4H2,1-3H3/p+1/t13-/m0/s1. The number of likely N-dealkylation sites (N-methyl/N-ethyl adjacent to an activating group) is 1. The van der Waals surface area contributed by atoms with Gasteiger partial charge < -0.3 is 14.6 Å². The normalized spacial score (nSPS) is 13.7. The Morgan fingerprint density at radius 1 is 1.30 bits per heavy atom. The molecule has 108 valence electrons. The predicted octanol–water partition coefficient (Wildman–Crippen LogP) is 3.08. The van der Waals surface area contributed by atoms with Gasteiger partial charge in [0.2, 0.25) is 0 Å². The first-order valence-electron chi connectivity index (χ1n) is 6.19. The van der Waals surface area contributed by atoms with Crippen LogP contribution >= 0.6 is 45.2 Å². The lowest BCUT2D eigenvalue weighted by Gasteiger charge is -2.31. The van der Waals surface area contributed by atoms with Gasteiger partial charge in [0.15, 0.2) is 6.04 Å². The number of aliphatic carboxylic acids is 1. The van der Waals surface area contributed by atoms with E-state index in [1.165, 1.54) is 7.14 Å². The Labute approximate surface area is 145 Å². The summed E-state index contributed by atoms with van der Waals surface area (Å²) < 4.78 is 2.79. The van der Waals surface area contributed by atoms with E-state index in [2.05, 4.69) is 62.3 Å². The van der Waals surface area contributed by atoms with Gasteiger partial charge in [0, 0.05) is 30.7 Å². The van der Waals surface area contributed by atoms with Crippen molar-refractivity contribution in [2.75, 3.05) is 21.1 Å². The van der Waals surface area contributed by atoms with Crippen LogP contribution < -0.4 is 0 Å². The molecule has 1 heterocycles. The second kappa shape index (κ2) is 5.80. The summed E-state index contributed by atoms with van der Waals surface area (Å²) >= 11 is 4.61. The number of halogens is 2. The first-order valence-corrected chi connectivity index (χ1v) is 8.35. The van der Waals surface area contributed by atoms with Gasteiger partial charge in [0.1, 0.15) is 0 Å². The molecule has 0 spiro atoms. The topological polar surface area (TPSA) is 53.1 Å². The fourth-order valence-corrected chi connectivity index (χ4v) is 3.18. The first kappa shape index (κ1) is 16.0. The Balaban J connectivity index is 2.43. The highest BCUT2D eigenvalue weighted by Gasteiger charge is 2.32. The maximum absolute atomic E-state index is 11.5. The molecule has 0 amide bonds. The third-order valence-corrected chi connectivity index (χ3v) is 6.26. The highest BCUT2D eigenvalue weighted by Crippen LogP contribution is 2.27. The molecule has 4 nitrogen and oxygen atoms in total. The number of H-pyrrole nitrogens is 1. The van der Waals surface area contributed by atoms with Crippen molar-refractivity contribution in [3.8, 4) is 0 Å². The van der Waals surface area contributed by atoms with Crippen molar-refractivity contribution in [1.29, 1.82) is 0 Å². The van der Waals surface area contributed by atoms with E-state index in [0.717, 1.165) is 16.5 Å². The van der Waals surface area contributed by atoms with Crippen LogP contribution in [0.2, 0.25) is 0 Å². The Bertz CT molecular complexity index is 659. The molecule has 0 saturated heterocycles. The van der Waals surface area contributed by atoms with Gasteiger partial charge in [-0.25, -0.2) is 4.79 Å². The molecule has 0 aliphatic rings. The number of carboxylic acid groups (broad SMARTS) is 1. The molecule has 0 unspecified atom stereocenters. The summed E-state index contributed by atoms with van der Waals surface area (Å²) in [4.78, 5) is 14.7. The SMILES string of the molecule is C[N+](C)(C)[C@@H](Cc1c[nH]c2cc(I)c(I)cc12)C(=O)O. The van der Waals surface area contributed by atoms with Crippen LogP contribution in [0, 0.1) is 7.14 Å². The van der Waals surface area contributed by atoms with Crippen LogP contribution in [-0.2, 0) is 11.2 Å². The molecule has 20 heavy (non-hydrogen) atoms. The molecule has 0 saturated carbocycles. The summed E-state index contributed by atoms with van der Waals surface area (Å²) in [6.45, 7) is 0. The molecule has 1 aromatic carbocycles. The van der Waals surface area contributed by atoms with E-state index < -0.39 is 12.0 Å². The van der Waals surface area contributed by atoms with Crippen molar-refractivity contribution in [2.24, 2.45) is 0 Å². The third-order valence-electron chi connectivity index (χ3n) is 3.44. The number of aromatic amines is 1. The number of nitrogens with zero attached hydrogens (tertiary/aromatic N) is 1. The zero-order valence-electron chi connectivity index (χ0n) is 11.6. The van der Waals surface area contributed by atoms with Crippen LogP contribution in [0.3, 0.4) is 0 Å². The maximum atomic E-state index is 11.5. The molecule has 2 rings (SSSR count). The van der Waals surface area contributed by atoms with Crippen molar-refractivity contribution in [1.82, 2.24) is 4.98 Å². The minimum absolute atomic E-state index is 0.406. The van der Waals surface area contributed by atoms with Crippen molar-refractivity contribution < 1.29 is 14.4 Å². The number of benzene rings is 1. The summed E-state index contributed by atoms with van der Waals surface area (Å²) in [5, 5.41) is 10.6. The molecule has 0 fully saturated rings. The van der Waals surface area contributed by atoms with Gasteiger partial charge >= 0.3 is 5.97 Å². The molecule has 6 heteroatoms. The zero-order valence-corrected chi connectivity index (χ0v) is 15.9. The third kappa shape index (κ3) is 3.28. The van der Waals surface area contributed by atoms with Gasteiger partial charge in [-0.15, -0.1) is 0 Å². The molecule has 1 aromatic heterocycles. The first-order chi connectivity index (χ1) is 9.20. The minimum atomic E-state index is -0.757.